The zero-order chi connectivity index (χ0) is 21.3. The van der Waals surface area contributed by atoms with Crippen LogP contribution in [0.25, 0.3) is 10.2 Å². The van der Waals surface area contributed by atoms with Crippen LogP contribution in [0.2, 0.25) is 0 Å². The van der Waals surface area contributed by atoms with Gasteiger partial charge in [0.15, 0.2) is 5.13 Å². The van der Waals surface area contributed by atoms with Crippen LogP contribution in [-0.4, -0.2) is 48.7 Å². The number of carbonyl (C=O) groups is 2. The molecule has 0 bridgehead atoms. The van der Waals surface area contributed by atoms with Crippen molar-refractivity contribution in [1.29, 1.82) is 0 Å². The minimum Gasteiger partial charge on any atom is -0.344 e. The van der Waals surface area contributed by atoms with E-state index in [1.165, 1.54) is 22.6 Å². The average molecular weight is 451 g/mol. The van der Waals surface area contributed by atoms with Crippen LogP contribution in [-0.2, 0) is 19.6 Å². The molecule has 1 aliphatic heterocycles. The molecule has 1 aliphatic carbocycles. The molecule has 2 N–H and O–H groups in total. The van der Waals surface area contributed by atoms with Crippen molar-refractivity contribution in [3.05, 3.63) is 18.2 Å². The Morgan fingerprint density at radius 1 is 1.17 bits per heavy atom. The molecule has 1 unspecified atom stereocenters. The summed E-state index contributed by atoms with van der Waals surface area (Å²) in [6, 6.07) is 4.29. The Balaban J connectivity index is 1.54. The Kier molecular flexibility index (Phi) is 6.08. The van der Waals surface area contributed by atoms with E-state index in [1.807, 2.05) is 0 Å². The number of fused-ring (bicyclic) bond motifs is 1. The van der Waals surface area contributed by atoms with Crippen LogP contribution in [0.1, 0.15) is 45.4 Å². The fourth-order valence-electron chi connectivity index (χ4n) is 4.29. The van der Waals surface area contributed by atoms with E-state index in [4.69, 9.17) is 0 Å². The van der Waals surface area contributed by atoms with Crippen molar-refractivity contribution in [2.45, 2.75) is 56.4 Å². The molecular weight excluding hydrogens is 424 g/mol. The van der Waals surface area contributed by atoms with Gasteiger partial charge in [-0.1, -0.05) is 24.2 Å². The van der Waals surface area contributed by atoms with Crippen LogP contribution in [0.3, 0.4) is 0 Å². The average Bonchev–Trinajstić information content (AvgIpc) is 3.46. The summed E-state index contributed by atoms with van der Waals surface area (Å²) < 4.78 is 27.8. The first kappa shape index (κ1) is 21.2. The first-order chi connectivity index (χ1) is 14.3. The highest BCUT2D eigenvalue weighted by Gasteiger charge is 2.32. The number of thiazole rings is 1. The number of anilines is 1. The van der Waals surface area contributed by atoms with Crippen LogP contribution in [0.5, 0.6) is 0 Å². The minimum atomic E-state index is -3.50. The van der Waals surface area contributed by atoms with Gasteiger partial charge in [0, 0.05) is 20.0 Å². The molecule has 30 heavy (non-hydrogen) atoms. The second kappa shape index (κ2) is 8.60. The Morgan fingerprint density at radius 3 is 2.53 bits per heavy atom. The van der Waals surface area contributed by atoms with Gasteiger partial charge in [-0.25, -0.2) is 13.4 Å². The van der Waals surface area contributed by atoms with Crippen molar-refractivity contribution in [3.63, 3.8) is 0 Å². The molecule has 2 amide bonds. The van der Waals surface area contributed by atoms with E-state index in [0.717, 1.165) is 38.5 Å². The standard InChI is InChI=1S/C20H26N4O4S2/c1-13(25)21-18(14-6-2-3-7-14)19(26)23-20-22-16-9-8-15(12-17(16)29-20)30(27,28)24-10-4-5-11-24/h8-9,12,14,18H,2-7,10-11H2,1H3,(H,21,25)(H,22,23,26). The fraction of sp³-hybridized carbons (Fsp3) is 0.550. The number of hydrogen-bond acceptors (Lipinski definition) is 6. The summed E-state index contributed by atoms with van der Waals surface area (Å²) in [5, 5.41) is 6.00. The third-order valence-corrected chi connectivity index (χ3v) is 8.63. The molecule has 1 saturated heterocycles. The topological polar surface area (TPSA) is 108 Å². The van der Waals surface area contributed by atoms with Crippen LogP contribution >= 0.6 is 11.3 Å². The van der Waals surface area contributed by atoms with Gasteiger partial charge in [-0.2, -0.15) is 4.31 Å². The van der Waals surface area contributed by atoms with Crippen molar-refractivity contribution >= 4 is 48.5 Å². The van der Waals surface area contributed by atoms with Gasteiger partial charge < -0.3 is 10.6 Å². The predicted molar refractivity (Wildman–Crippen MR) is 116 cm³/mol. The highest BCUT2D eigenvalue weighted by atomic mass is 32.2. The molecule has 1 aromatic carbocycles. The normalized spacial score (nSPS) is 19.2. The Labute approximate surface area is 180 Å². The fourth-order valence-corrected chi connectivity index (χ4v) is 6.81. The van der Waals surface area contributed by atoms with Gasteiger partial charge >= 0.3 is 0 Å². The lowest BCUT2D eigenvalue weighted by Crippen LogP contribution is -2.47. The van der Waals surface area contributed by atoms with E-state index in [9.17, 15) is 18.0 Å². The molecule has 2 heterocycles. The molecule has 4 rings (SSSR count). The second-order valence-corrected chi connectivity index (χ2v) is 10.9. The number of amides is 2. The van der Waals surface area contributed by atoms with E-state index < -0.39 is 16.1 Å². The van der Waals surface area contributed by atoms with Gasteiger partial charge in [0.1, 0.15) is 6.04 Å². The van der Waals surface area contributed by atoms with Gasteiger partial charge in [-0.15, -0.1) is 0 Å². The summed E-state index contributed by atoms with van der Waals surface area (Å²) in [6.45, 7) is 2.52. The van der Waals surface area contributed by atoms with Crippen LogP contribution < -0.4 is 10.6 Å². The van der Waals surface area contributed by atoms with E-state index in [-0.39, 0.29) is 22.6 Å². The van der Waals surface area contributed by atoms with Gasteiger partial charge in [-0.3, -0.25) is 9.59 Å². The zero-order valence-corrected chi connectivity index (χ0v) is 18.5. The van der Waals surface area contributed by atoms with Crippen LogP contribution in [0.15, 0.2) is 23.1 Å². The number of hydrogen-bond donors (Lipinski definition) is 2. The van der Waals surface area contributed by atoms with Crippen molar-refractivity contribution in [3.8, 4) is 0 Å². The minimum absolute atomic E-state index is 0.125. The summed E-state index contributed by atoms with van der Waals surface area (Å²) >= 11 is 1.24. The number of nitrogens with one attached hydrogen (secondary N) is 2. The lowest BCUT2D eigenvalue weighted by atomic mass is 9.97. The molecule has 2 aliphatic rings. The zero-order valence-electron chi connectivity index (χ0n) is 16.9. The summed E-state index contributed by atoms with van der Waals surface area (Å²) in [5.74, 6) is -0.385. The molecule has 0 spiro atoms. The summed E-state index contributed by atoms with van der Waals surface area (Å²) in [5.41, 5.74) is 0.632. The van der Waals surface area contributed by atoms with Gasteiger partial charge in [-0.05, 0) is 49.8 Å². The van der Waals surface area contributed by atoms with Crippen molar-refractivity contribution in [2.75, 3.05) is 18.4 Å². The first-order valence-electron chi connectivity index (χ1n) is 10.3. The Hall–Kier alpha value is -2.04. The quantitative estimate of drug-likeness (QED) is 0.703. The lowest BCUT2D eigenvalue weighted by molar-refractivity contribution is -0.126. The van der Waals surface area contributed by atoms with Crippen molar-refractivity contribution in [1.82, 2.24) is 14.6 Å². The third-order valence-electron chi connectivity index (χ3n) is 5.81. The molecular formula is C20H26N4O4S2. The molecule has 1 saturated carbocycles. The number of carbonyl (C=O) groups excluding carboxylic acids is 2. The predicted octanol–water partition coefficient (Wildman–Crippen LogP) is 2.71. The largest absolute Gasteiger partial charge is 0.344 e. The monoisotopic (exact) mass is 450 g/mol. The highest BCUT2D eigenvalue weighted by molar-refractivity contribution is 7.89. The molecule has 8 nitrogen and oxygen atoms in total. The maximum absolute atomic E-state index is 12.9. The summed E-state index contributed by atoms with van der Waals surface area (Å²) in [6.07, 6.45) is 5.71. The number of aromatic nitrogens is 1. The van der Waals surface area contributed by atoms with E-state index in [0.29, 0.717) is 28.4 Å². The van der Waals surface area contributed by atoms with Gasteiger partial charge in [0.05, 0.1) is 15.1 Å². The third kappa shape index (κ3) is 4.35. The van der Waals surface area contributed by atoms with E-state index in [1.54, 1.807) is 18.2 Å². The molecule has 2 aromatic rings. The van der Waals surface area contributed by atoms with Crippen LogP contribution in [0.4, 0.5) is 5.13 Å². The summed E-state index contributed by atoms with van der Waals surface area (Å²) in [4.78, 5) is 29.1. The van der Waals surface area contributed by atoms with E-state index >= 15 is 0 Å². The second-order valence-electron chi connectivity index (χ2n) is 7.97. The molecule has 162 valence electrons. The molecule has 10 heteroatoms. The Bertz CT molecular complexity index is 1050. The lowest BCUT2D eigenvalue weighted by Gasteiger charge is -2.22. The Morgan fingerprint density at radius 2 is 1.87 bits per heavy atom. The summed E-state index contributed by atoms with van der Waals surface area (Å²) in [7, 11) is -3.50. The van der Waals surface area contributed by atoms with Crippen LogP contribution in [0, 0.1) is 5.92 Å². The van der Waals surface area contributed by atoms with Crippen molar-refractivity contribution in [2.24, 2.45) is 5.92 Å². The molecule has 1 atom stereocenters. The van der Waals surface area contributed by atoms with Gasteiger partial charge in [0.2, 0.25) is 21.8 Å². The maximum atomic E-state index is 12.9. The van der Waals surface area contributed by atoms with Gasteiger partial charge in [0.25, 0.3) is 0 Å². The number of benzene rings is 1. The molecule has 1 aromatic heterocycles. The van der Waals surface area contributed by atoms with E-state index in [2.05, 4.69) is 15.6 Å². The maximum Gasteiger partial charge on any atom is 0.249 e. The highest BCUT2D eigenvalue weighted by Crippen LogP contribution is 2.32. The molecule has 2 fully saturated rings. The number of sulfonamides is 1. The first-order valence-corrected chi connectivity index (χ1v) is 12.6. The number of nitrogens with zero attached hydrogens (tertiary/aromatic N) is 2. The number of rotatable bonds is 6. The SMILES string of the molecule is CC(=O)NC(C(=O)Nc1nc2ccc(S(=O)(=O)N3CCCC3)cc2s1)C1CCCC1. The van der Waals surface area contributed by atoms with Crippen molar-refractivity contribution < 1.29 is 18.0 Å². The smallest absolute Gasteiger partial charge is 0.249 e. The molecule has 0 radical (unpaired) electrons.